The molecule has 170 valence electrons. The summed E-state index contributed by atoms with van der Waals surface area (Å²) < 4.78 is 17.6. The molecule has 0 saturated carbocycles. The highest BCUT2D eigenvalue weighted by Gasteiger charge is 2.13. The van der Waals surface area contributed by atoms with Crippen molar-refractivity contribution in [2.45, 2.75) is 6.54 Å². The van der Waals surface area contributed by atoms with Crippen molar-refractivity contribution in [2.24, 2.45) is 0 Å². The Morgan fingerprint density at radius 3 is 2.71 bits per heavy atom. The third-order valence-corrected chi connectivity index (χ3v) is 5.43. The van der Waals surface area contributed by atoms with Crippen molar-refractivity contribution in [3.05, 3.63) is 88.5 Å². The van der Waals surface area contributed by atoms with E-state index in [1.165, 1.54) is 12.3 Å². The van der Waals surface area contributed by atoms with Crippen LogP contribution in [0.15, 0.2) is 76.2 Å². The van der Waals surface area contributed by atoms with E-state index < -0.39 is 5.63 Å². The van der Waals surface area contributed by atoms with Crippen LogP contribution in [0.25, 0.3) is 22.0 Å². The lowest BCUT2D eigenvalue weighted by molar-refractivity contribution is 0.102. The molecule has 1 N–H and O–H groups in total. The van der Waals surface area contributed by atoms with Crippen molar-refractivity contribution in [3.63, 3.8) is 0 Å². The summed E-state index contributed by atoms with van der Waals surface area (Å²) >= 11 is 0. The number of hydrogen-bond donors (Lipinski definition) is 1. The van der Waals surface area contributed by atoms with Gasteiger partial charge in [-0.2, -0.15) is 5.10 Å². The molecule has 2 aromatic carbocycles. The predicted molar refractivity (Wildman–Crippen MR) is 127 cm³/mol. The van der Waals surface area contributed by atoms with Crippen molar-refractivity contribution in [1.82, 2.24) is 14.8 Å². The van der Waals surface area contributed by atoms with Gasteiger partial charge in [-0.05, 0) is 42.5 Å². The van der Waals surface area contributed by atoms with Crippen LogP contribution >= 0.6 is 0 Å². The summed E-state index contributed by atoms with van der Waals surface area (Å²) in [4.78, 5) is 28.6. The molecule has 5 rings (SSSR count). The summed E-state index contributed by atoms with van der Waals surface area (Å²) in [6, 6.07) is 15.4. The van der Waals surface area contributed by atoms with Crippen molar-refractivity contribution >= 4 is 33.6 Å². The third kappa shape index (κ3) is 4.06. The van der Waals surface area contributed by atoms with Crippen molar-refractivity contribution in [2.75, 3.05) is 19.5 Å². The molecule has 9 heteroatoms. The Labute approximate surface area is 193 Å². The molecular formula is C25H20N4O5. The van der Waals surface area contributed by atoms with Gasteiger partial charge in [-0.25, -0.2) is 14.5 Å². The minimum atomic E-state index is -0.422. The Hall–Kier alpha value is -4.66. The number of rotatable bonds is 6. The van der Waals surface area contributed by atoms with Crippen LogP contribution < -0.4 is 20.4 Å². The lowest BCUT2D eigenvalue weighted by Gasteiger charge is -2.11. The topological polar surface area (TPSA) is 108 Å². The fraction of sp³-hybridized carbons (Fsp3) is 0.120. The van der Waals surface area contributed by atoms with Gasteiger partial charge in [0.25, 0.3) is 5.91 Å². The first-order valence-electron chi connectivity index (χ1n) is 10.4. The number of nitrogens with one attached hydrogen (secondary N) is 1. The second-order valence-corrected chi connectivity index (χ2v) is 7.58. The van der Waals surface area contributed by atoms with E-state index in [-0.39, 0.29) is 5.91 Å². The van der Waals surface area contributed by atoms with E-state index in [0.717, 1.165) is 10.9 Å². The Morgan fingerprint density at radius 2 is 1.88 bits per heavy atom. The van der Waals surface area contributed by atoms with Gasteiger partial charge >= 0.3 is 5.63 Å². The number of amides is 1. The maximum absolute atomic E-state index is 12.8. The summed E-state index contributed by atoms with van der Waals surface area (Å²) in [6.07, 6.45) is 3.19. The van der Waals surface area contributed by atoms with Crippen molar-refractivity contribution in [1.29, 1.82) is 0 Å². The van der Waals surface area contributed by atoms with Crippen LogP contribution in [-0.4, -0.2) is 34.9 Å². The number of carbonyl (C=O) groups excluding carboxylic acids is 1. The molecule has 0 radical (unpaired) electrons. The SMILES string of the molecule is COc1ccc(Cn2ncc3cc(C(=O)Nc4ccc5oc(=O)ccc5c4)cnc32)c(OC)c1. The number of aromatic nitrogens is 3. The van der Waals surface area contributed by atoms with Gasteiger partial charge in [-0.15, -0.1) is 0 Å². The summed E-state index contributed by atoms with van der Waals surface area (Å²) in [5.41, 5.74) is 2.57. The minimum absolute atomic E-state index is 0.310. The van der Waals surface area contributed by atoms with Crippen LogP contribution in [0.2, 0.25) is 0 Å². The molecule has 9 nitrogen and oxygen atoms in total. The Morgan fingerprint density at radius 1 is 1.00 bits per heavy atom. The van der Waals surface area contributed by atoms with Crippen LogP contribution in [0.3, 0.4) is 0 Å². The second-order valence-electron chi connectivity index (χ2n) is 7.58. The van der Waals surface area contributed by atoms with Gasteiger partial charge in [0.2, 0.25) is 0 Å². The molecular weight excluding hydrogens is 436 g/mol. The Balaban J connectivity index is 1.37. The first kappa shape index (κ1) is 21.2. The summed E-state index contributed by atoms with van der Waals surface area (Å²) in [7, 11) is 3.21. The highest BCUT2D eigenvalue weighted by molar-refractivity contribution is 6.06. The molecule has 0 saturated heterocycles. The molecule has 1 amide bonds. The largest absolute Gasteiger partial charge is 0.497 e. The molecule has 0 bridgehead atoms. The average molecular weight is 456 g/mol. The van der Waals surface area contributed by atoms with Gasteiger partial charge in [0.1, 0.15) is 17.1 Å². The molecule has 5 aromatic rings. The zero-order chi connectivity index (χ0) is 23.7. The molecule has 0 spiro atoms. The maximum atomic E-state index is 12.8. The standard InChI is InChI=1S/C25H20N4O5/c1-32-20-6-3-16(22(11-20)33-2)14-29-24-17(13-27-29)9-18(12-26-24)25(31)28-19-5-7-21-15(10-19)4-8-23(30)34-21/h3-13H,14H2,1-2H3,(H,28,31). The maximum Gasteiger partial charge on any atom is 0.336 e. The average Bonchev–Trinajstić information content (AvgIpc) is 3.26. The number of methoxy groups -OCH3 is 2. The number of benzene rings is 2. The number of pyridine rings is 1. The van der Waals surface area contributed by atoms with Crippen molar-refractivity contribution in [3.8, 4) is 11.5 Å². The Kier molecular flexibility index (Phi) is 5.43. The van der Waals surface area contributed by atoms with Gasteiger partial charge in [0.05, 0.1) is 32.5 Å². The number of ether oxygens (including phenoxy) is 2. The van der Waals surface area contributed by atoms with E-state index in [1.807, 2.05) is 18.2 Å². The molecule has 3 aromatic heterocycles. The summed E-state index contributed by atoms with van der Waals surface area (Å²) in [5.74, 6) is 1.08. The fourth-order valence-corrected chi connectivity index (χ4v) is 3.71. The first-order valence-corrected chi connectivity index (χ1v) is 10.4. The van der Waals surface area contributed by atoms with Gasteiger partial charge in [-0.1, -0.05) is 0 Å². The quantitative estimate of drug-likeness (QED) is 0.387. The van der Waals surface area contributed by atoms with E-state index in [0.29, 0.717) is 45.9 Å². The Bertz CT molecular complexity index is 1590. The number of carbonyl (C=O) groups is 1. The van der Waals surface area contributed by atoms with Crippen LogP contribution in [-0.2, 0) is 6.54 Å². The van der Waals surface area contributed by atoms with E-state index >= 15 is 0 Å². The summed E-state index contributed by atoms with van der Waals surface area (Å²) in [6.45, 7) is 0.447. The van der Waals surface area contributed by atoms with E-state index in [2.05, 4.69) is 15.4 Å². The monoisotopic (exact) mass is 456 g/mol. The predicted octanol–water partition coefficient (Wildman–Crippen LogP) is 3.86. The molecule has 0 aliphatic heterocycles. The first-order chi connectivity index (χ1) is 16.5. The summed E-state index contributed by atoms with van der Waals surface area (Å²) in [5, 5.41) is 8.73. The molecule has 0 fully saturated rings. The van der Waals surface area contributed by atoms with Gasteiger partial charge in [0.15, 0.2) is 5.65 Å². The van der Waals surface area contributed by atoms with E-state index in [4.69, 9.17) is 13.9 Å². The lowest BCUT2D eigenvalue weighted by Crippen LogP contribution is -2.12. The smallest absolute Gasteiger partial charge is 0.336 e. The molecule has 0 atom stereocenters. The molecule has 34 heavy (non-hydrogen) atoms. The number of fused-ring (bicyclic) bond motifs is 2. The zero-order valence-corrected chi connectivity index (χ0v) is 18.4. The second kappa shape index (κ2) is 8.70. The third-order valence-electron chi connectivity index (χ3n) is 5.43. The zero-order valence-electron chi connectivity index (χ0n) is 18.4. The molecule has 3 heterocycles. The number of hydrogen-bond acceptors (Lipinski definition) is 7. The van der Waals surface area contributed by atoms with Gasteiger partial charge in [-0.3, -0.25) is 4.79 Å². The van der Waals surface area contributed by atoms with Gasteiger partial charge in [0, 0.05) is 40.4 Å². The number of anilines is 1. The number of nitrogens with zero attached hydrogens (tertiary/aromatic N) is 3. The molecule has 0 aliphatic carbocycles. The van der Waals surface area contributed by atoms with Crippen LogP contribution in [0.1, 0.15) is 15.9 Å². The lowest BCUT2D eigenvalue weighted by atomic mass is 10.2. The van der Waals surface area contributed by atoms with E-state index in [1.54, 1.807) is 55.4 Å². The normalized spacial score (nSPS) is 11.0. The van der Waals surface area contributed by atoms with Crippen LogP contribution in [0.4, 0.5) is 5.69 Å². The highest BCUT2D eigenvalue weighted by Crippen LogP contribution is 2.26. The fourth-order valence-electron chi connectivity index (χ4n) is 3.71. The van der Waals surface area contributed by atoms with Crippen LogP contribution in [0.5, 0.6) is 11.5 Å². The van der Waals surface area contributed by atoms with E-state index in [9.17, 15) is 9.59 Å². The molecule has 0 aliphatic rings. The van der Waals surface area contributed by atoms with Crippen molar-refractivity contribution < 1.29 is 18.7 Å². The van der Waals surface area contributed by atoms with Crippen LogP contribution in [0, 0.1) is 0 Å². The highest BCUT2D eigenvalue weighted by atomic mass is 16.5. The van der Waals surface area contributed by atoms with Gasteiger partial charge < -0.3 is 19.2 Å². The minimum Gasteiger partial charge on any atom is -0.497 e. The molecule has 0 unspecified atom stereocenters.